The largest absolute Gasteiger partial charge is 0.493 e. The van der Waals surface area contributed by atoms with E-state index in [1.807, 2.05) is 44.2 Å². The van der Waals surface area contributed by atoms with Crippen LogP contribution in [0.25, 0.3) is 0 Å². The van der Waals surface area contributed by atoms with E-state index >= 15 is 0 Å². The van der Waals surface area contributed by atoms with Crippen LogP contribution in [0.3, 0.4) is 0 Å². The summed E-state index contributed by atoms with van der Waals surface area (Å²) in [6, 6.07) is 15.2. The quantitative estimate of drug-likeness (QED) is 0.791. The van der Waals surface area contributed by atoms with Gasteiger partial charge in [-0.2, -0.15) is 0 Å². The first-order valence-electron chi connectivity index (χ1n) is 7.96. The summed E-state index contributed by atoms with van der Waals surface area (Å²) in [6.07, 6.45) is 0.573. The molecule has 0 amide bonds. The number of methoxy groups -OCH3 is 2. The molecule has 0 unspecified atom stereocenters. The number of hydrogen-bond donors (Lipinski definition) is 1. The van der Waals surface area contributed by atoms with E-state index in [0.29, 0.717) is 23.5 Å². The summed E-state index contributed by atoms with van der Waals surface area (Å²) in [5.74, 6) is 0.576. The maximum absolute atomic E-state index is 13.2. The van der Waals surface area contributed by atoms with Gasteiger partial charge in [-0.3, -0.25) is 4.79 Å². The normalized spacial score (nSPS) is 12.5. The predicted octanol–water partition coefficient (Wildman–Crippen LogP) is 3.48. The van der Waals surface area contributed by atoms with Crippen molar-refractivity contribution in [3.05, 3.63) is 59.7 Å². The van der Waals surface area contributed by atoms with E-state index in [9.17, 15) is 4.79 Å². The summed E-state index contributed by atoms with van der Waals surface area (Å²) in [7, 11) is 3.09. The van der Waals surface area contributed by atoms with Gasteiger partial charge in [-0.1, -0.05) is 36.4 Å². The molecule has 24 heavy (non-hydrogen) atoms. The molecule has 0 saturated carbocycles. The second-order valence-corrected chi connectivity index (χ2v) is 6.47. The lowest BCUT2D eigenvalue weighted by Crippen LogP contribution is -2.46. The molecule has 0 spiro atoms. The van der Waals surface area contributed by atoms with Crippen LogP contribution in [-0.2, 0) is 6.42 Å². The molecule has 0 heterocycles. The SMILES string of the molecule is COc1cccc(C(=O)[C@@H](Cc2ccccc2)C(C)(C)N)c1OC. The number of rotatable bonds is 7. The fourth-order valence-electron chi connectivity index (χ4n) is 2.81. The zero-order valence-corrected chi connectivity index (χ0v) is 14.7. The van der Waals surface area contributed by atoms with Crippen LogP contribution in [0.15, 0.2) is 48.5 Å². The van der Waals surface area contributed by atoms with Gasteiger partial charge in [0.25, 0.3) is 0 Å². The molecule has 0 radical (unpaired) electrons. The van der Waals surface area contributed by atoms with Gasteiger partial charge >= 0.3 is 0 Å². The van der Waals surface area contributed by atoms with Crippen LogP contribution in [0, 0.1) is 5.92 Å². The van der Waals surface area contributed by atoms with Gasteiger partial charge in [0.15, 0.2) is 17.3 Å². The van der Waals surface area contributed by atoms with Gasteiger partial charge in [0.1, 0.15) is 0 Å². The summed E-state index contributed by atoms with van der Waals surface area (Å²) in [5.41, 5.74) is 7.25. The summed E-state index contributed by atoms with van der Waals surface area (Å²) in [6.45, 7) is 3.76. The van der Waals surface area contributed by atoms with Gasteiger partial charge < -0.3 is 15.2 Å². The fourth-order valence-corrected chi connectivity index (χ4v) is 2.81. The highest BCUT2D eigenvalue weighted by atomic mass is 16.5. The van der Waals surface area contributed by atoms with E-state index in [1.54, 1.807) is 25.3 Å². The molecule has 0 saturated heterocycles. The maximum atomic E-state index is 13.2. The Morgan fingerprint density at radius 2 is 1.71 bits per heavy atom. The molecule has 128 valence electrons. The van der Waals surface area contributed by atoms with Crippen molar-refractivity contribution in [1.82, 2.24) is 0 Å². The van der Waals surface area contributed by atoms with E-state index in [-0.39, 0.29) is 11.7 Å². The highest BCUT2D eigenvalue weighted by molar-refractivity contribution is 6.02. The average Bonchev–Trinajstić information content (AvgIpc) is 2.58. The van der Waals surface area contributed by atoms with Crippen LogP contribution in [-0.4, -0.2) is 25.5 Å². The molecule has 4 heteroatoms. The maximum Gasteiger partial charge on any atom is 0.171 e. The van der Waals surface area contributed by atoms with Gasteiger partial charge in [0.2, 0.25) is 0 Å². The summed E-state index contributed by atoms with van der Waals surface area (Å²) in [4.78, 5) is 13.2. The molecule has 0 aliphatic rings. The number of carbonyl (C=O) groups is 1. The number of carbonyl (C=O) groups excluding carboxylic acids is 1. The zero-order chi connectivity index (χ0) is 17.7. The first kappa shape index (κ1) is 18.0. The third-order valence-corrected chi connectivity index (χ3v) is 4.17. The molecule has 2 rings (SSSR count). The lowest BCUT2D eigenvalue weighted by atomic mass is 9.78. The lowest BCUT2D eigenvalue weighted by Gasteiger charge is -2.30. The van der Waals surface area contributed by atoms with Gasteiger partial charge in [-0.25, -0.2) is 0 Å². The second kappa shape index (κ2) is 7.49. The minimum absolute atomic E-state index is 0.0397. The van der Waals surface area contributed by atoms with Crippen LogP contribution < -0.4 is 15.2 Å². The summed E-state index contributed by atoms with van der Waals surface area (Å²) in [5, 5.41) is 0. The Morgan fingerprint density at radius 1 is 1.04 bits per heavy atom. The van der Waals surface area contributed by atoms with Crippen molar-refractivity contribution in [3.8, 4) is 11.5 Å². The Bertz CT molecular complexity index is 690. The molecule has 0 bridgehead atoms. The Labute approximate surface area is 143 Å². The Kier molecular flexibility index (Phi) is 5.62. The number of nitrogens with two attached hydrogens (primary N) is 1. The summed E-state index contributed by atoms with van der Waals surface area (Å²) < 4.78 is 10.7. The van der Waals surface area contributed by atoms with Crippen LogP contribution >= 0.6 is 0 Å². The predicted molar refractivity (Wildman–Crippen MR) is 95.8 cm³/mol. The smallest absolute Gasteiger partial charge is 0.171 e. The van der Waals surface area contributed by atoms with Gasteiger partial charge in [0, 0.05) is 11.5 Å². The Hall–Kier alpha value is -2.33. The molecular formula is C20H25NO3. The Balaban J connectivity index is 2.42. The standard InChI is InChI=1S/C20H25NO3/c1-20(2,21)16(13-14-9-6-5-7-10-14)18(22)15-11-8-12-17(23-3)19(15)24-4/h5-12,16H,13,21H2,1-4H3/t16-/m1/s1. The first-order valence-corrected chi connectivity index (χ1v) is 7.96. The number of para-hydroxylation sites is 1. The molecule has 2 N–H and O–H groups in total. The molecule has 0 aromatic heterocycles. The van der Waals surface area contributed by atoms with Crippen molar-refractivity contribution in [3.63, 3.8) is 0 Å². The minimum atomic E-state index is -0.666. The second-order valence-electron chi connectivity index (χ2n) is 6.47. The van der Waals surface area contributed by atoms with E-state index in [0.717, 1.165) is 5.56 Å². The topological polar surface area (TPSA) is 61.5 Å². The van der Waals surface area contributed by atoms with E-state index < -0.39 is 5.54 Å². The van der Waals surface area contributed by atoms with E-state index in [1.165, 1.54) is 7.11 Å². The first-order chi connectivity index (χ1) is 11.4. The fraction of sp³-hybridized carbons (Fsp3) is 0.350. The molecule has 2 aromatic rings. The Morgan fingerprint density at radius 3 is 2.25 bits per heavy atom. The monoisotopic (exact) mass is 327 g/mol. The summed E-state index contributed by atoms with van der Waals surface area (Å²) >= 11 is 0. The van der Waals surface area contributed by atoms with Crippen LogP contribution in [0.2, 0.25) is 0 Å². The highest BCUT2D eigenvalue weighted by Crippen LogP contribution is 2.34. The zero-order valence-electron chi connectivity index (χ0n) is 14.7. The molecule has 2 aromatic carbocycles. The third-order valence-electron chi connectivity index (χ3n) is 4.17. The number of ketones is 1. The molecule has 0 fully saturated rings. The molecular weight excluding hydrogens is 302 g/mol. The lowest BCUT2D eigenvalue weighted by molar-refractivity contribution is 0.0863. The van der Waals surface area contributed by atoms with Gasteiger partial charge in [-0.05, 0) is 38.0 Å². The van der Waals surface area contributed by atoms with Crippen molar-refractivity contribution < 1.29 is 14.3 Å². The van der Waals surface area contributed by atoms with Crippen LogP contribution in [0.1, 0.15) is 29.8 Å². The number of hydrogen-bond acceptors (Lipinski definition) is 4. The number of ether oxygens (including phenoxy) is 2. The van der Waals surface area contributed by atoms with Gasteiger partial charge in [-0.15, -0.1) is 0 Å². The third kappa shape index (κ3) is 3.95. The van der Waals surface area contributed by atoms with Gasteiger partial charge in [0.05, 0.1) is 19.8 Å². The van der Waals surface area contributed by atoms with E-state index in [4.69, 9.17) is 15.2 Å². The van der Waals surface area contributed by atoms with Crippen molar-refractivity contribution >= 4 is 5.78 Å². The van der Waals surface area contributed by atoms with Crippen LogP contribution in [0.5, 0.6) is 11.5 Å². The van der Waals surface area contributed by atoms with E-state index in [2.05, 4.69) is 0 Å². The van der Waals surface area contributed by atoms with Crippen LogP contribution in [0.4, 0.5) is 0 Å². The number of benzene rings is 2. The van der Waals surface area contributed by atoms with Crippen molar-refractivity contribution in [1.29, 1.82) is 0 Å². The average molecular weight is 327 g/mol. The molecule has 0 aliphatic heterocycles. The number of Topliss-reactive ketones (excluding diaryl/α,β-unsaturated/α-hetero) is 1. The van der Waals surface area contributed by atoms with Crippen molar-refractivity contribution in [2.45, 2.75) is 25.8 Å². The minimum Gasteiger partial charge on any atom is -0.493 e. The molecule has 1 atom stereocenters. The molecule has 4 nitrogen and oxygen atoms in total. The van der Waals surface area contributed by atoms with Crippen molar-refractivity contribution in [2.24, 2.45) is 11.7 Å². The highest BCUT2D eigenvalue weighted by Gasteiger charge is 2.34. The van der Waals surface area contributed by atoms with Crippen molar-refractivity contribution in [2.75, 3.05) is 14.2 Å². The molecule has 0 aliphatic carbocycles.